The number of Topliss-reactive ketones (excluding diaryl/α,β-unsaturated/α-hetero) is 1. The van der Waals surface area contributed by atoms with E-state index in [9.17, 15) is 4.79 Å². The van der Waals surface area contributed by atoms with Crippen LogP contribution in [0.1, 0.15) is 17.4 Å². The van der Waals surface area contributed by atoms with Gasteiger partial charge in [0.1, 0.15) is 5.69 Å². The summed E-state index contributed by atoms with van der Waals surface area (Å²) in [7, 11) is 1.63. The number of aromatic nitrogens is 2. The van der Waals surface area contributed by atoms with Gasteiger partial charge in [-0.05, 0) is 22.9 Å². The molecule has 0 fully saturated rings. The molecule has 0 aromatic carbocycles. The number of hydrogen-bond acceptors (Lipinski definition) is 4. The van der Waals surface area contributed by atoms with Gasteiger partial charge in [-0.3, -0.25) is 9.48 Å². The summed E-state index contributed by atoms with van der Waals surface area (Å²) < 4.78 is 7.31. The average Bonchev–Trinajstić information content (AvgIpc) is 2.65. The Bertz CT molecular complexity index is 352. The number of ketones is 1. The van der Waals surface area contributed by atoms with Gasteiger partial charge in [0.05, 0.1) is 23.8 Å². The van der Waals surface area contributed by atoms with Crippen LogP contribution < -0.4 is 5.32 Å². The van der Waals surface area contributed by atoms with Crippen LogP contribution >= 0.6 is 15.9 Å². The third-order valence-corrected chi connectivity index (χ3v) is 2.71. The van der Waals surface area contributed by atoms with Crippen molar-refractivity contribution in [1.82, 2.24) is 15.1 Å². The Balaban J connectivity index is 2.55. The molecule has 0 atom stereocenters. The molecule has 1 heterocycles. The van der Waals surface area contributed by atoms with Gasteiger partial charge in [-0.1, -0.05) is 0 Å². The van der Waals surface area contributed by atoms with E-state index in [4.69, 9.17) is 4.74 Å². The molecule has 5 nitrogen and oxygen atoms in total. The summed E-state index contributed by atoms with van der Waals surface area (Å²) in [6, 6.07) is 0. The zero-order valence-electron chi connectivity index (χ0n) is 9.49. The Hall–Kier alpha value is -0.720. The van der Waals surface area contributed by atoms with Crippen LogP contribution in [0.15, 0.2) is 10.7 Å². The molecule has 0 aliphatic rings. The van der Waals surface area contributed by atoms with Crippen LogP contribution in [0.25, 0.3) is 0 Å². The molecule has 0 unspecified atom stereocenters. The number of carbonyl (C=O) groups excluding carboxylic acids is 1. The number of halogens is 1. The molecule has 0 bridgehead atoms. The second kappa shape index (κ2) is 6.78. The van der Waals surface area contributed by atoms with Gasteiger partial charge in [0, 0.05) is 20.2 Å². The quantitative estimate of drug-likeness (QED) is 0.603. The van der Waals surface area contributed by atoms with E-state index < -0.39 is 0 Å². The lowest BCUT2D eigenvalue weighted by Gasteiger charge is -2.06. The SMILES string of the molecule is CCn1ncc(Br)c1C(=O)CNCCOC. The van der Waals surface area contributed by atoms with E-state index in [1.807, 2.05) is 6.92 Å². The van der Waals surface area contributed by atoms with Crippen LogP contribution in [-0.2, 0) is 11.3 Å². The minimum Gasteiger partial charge on any atom is -0.383 e. The number of hydrogen-bond donors (Lipinski definition) is 1. The molecule has 0 saturated heterocycles. The molecule has 0 saturated carbocycles. The Morgan fingerprint density at radius 2 is 2.44 bits per heavy atom. The minimum atomic E-state index is 0.0299. The normalized spacial score (nSPS) is 10.7. The Morgan fingerprint density at radius 1 is 1.69 bits per heavy atom. The highest BCUT2D eigenvalue weighted by Gasteiger charge is 2.15. The summed E-state index contributed by atoms with van der Waals surface area (Å²) in [5, 5.41) is 7.11. The highest BCUT2D eigenvalue weighted by atomic mass is 79.9. The van der Waals surface area contributed by atoms with Crippen molar-refractivity contribution in [2.45, 2.75) is 13.5 Å². The molecule has 6 heteroatoms. The van der Waals surface area contributed by atoms with Gasteiger partial charge in [0.2, 0.25) is 0 Å². The van der Waals surface area contributed by atoms with Crippen LogP contribution in [0.4, 0.5) is 0 Å². The molecule has 90 valence electrons. The molecule has 0 aliphatic carbocycles. The third kappa shape index (κ3) is 3.40. The number of aryl methyl sites for hydroxylation is 1. The van der Waals surface area contributed by atoms with Crippen LogP contribution in [0.3, 0.4) is 0 Å². The summed E-state index contributed by atoms with van der Waals surface area (Å²) in [4.78, 5) is 11.9. The van der Waals surface area contributed by atoms with E-state index >= 15 is 0 Å². The van der Waals surface area contributed by atoms with E-state index in [-0.39, 0.29) is 5.78 Å². The predicted octanol–water partition coefficient (Wildman–Crippen LogP) is 1.08. The minimum absolute atomic E-state index is 0.0299. The van der Waals surface area contributed by atoms with Gasteiger partial charge >= 0.3 is 0 Å². The van der Waals surface area contributed by atoms with Crippen LogP contribution in [-0.4, -0.2) is 42.4 Å². The molecule has 1 aromatic rings. The summed E-state index contributed by atoms with van der Waals surface area (Å²) in [6.45, 7) is 4.20. The van der Waals surface area contributed by atoms with E-state index in [0.717, 1.165) is 4.47 Å². The fourth-order valence-corrected chi connectivity index (χ4v) is 1.86. The lowest BCUT2D eigenvalue weighted by Crippen LogP contribution is -2.28. The average molecular weight is 290 g/mol. The van der Waals surface area contributed by atoms with Crippen molar-refractivity contribution in [3.63, 3.8) is 0 Å². The maximum Gasteiger partial charge on any atom is 0.195 e. The van der Waals surface area contributed by atoms with Crippen molar-refractivity contribution in [3.05, 3.63) is 16.4 Å². The van der Waals surface area contributed by atoms with E-state index in [0.29, 0.717) is 31.9 Å². The highest BCUT2D eigenvalue weighted by molar-refractivity contribution is 9.10. The van der Waals surface area contributed by atoms with Gasteiger partial charge in [-0.15, -0.1) is 0 Å². The smallest absolute Gasteiger partial charge is 0.195 e. The first-order valence-electron chi connectivity index (χ1n) is 5.14. The lowest BCUT2D eigenvalue weighted by molar-refractivity contribution is 0.0976. The first-order chi connectivity index (χ1) is 7.70. The number of rotatable bonds is 7. The summed E-state index contributed by atoms with van der Waals surface area (Å²) in [5.41, 5.74) is 0.618. The lowest BCUT2D eigenvalue weighted by atomic mass is 10.3. The van der Waals surface area contributed by atoms with E-state index in [1.54, 1.807) is 18.0 Å². The third-order valence-electron chi connectivity index (χ3n) is 2.13. The molecular formula is C10H16BrN3O2. The Morgan fingerprint density at radius 3 is 3.06 bits per heavy atom. The van der Waals surface area contributed by atoms with Crippen molar-refractivity contribution >= 4 is 21.7 Å². The molecule has 0 spiro atoms. The second-order valence-electron chi connectivity index (χ2n) is 3.25. The standard InChI is InChI=1S/C10H16BrN3O2/c1-3-14-10(8(11)6-13-14)9(15)7-12-4-5-16-2/h6,12H,3-5,7H2,1-2H3. The summed E-state index contributed by atoms with van der Waals surface area (Å²) in [6.07, 6.45) is 1.64. The molecule has 0 aliphatic heterocycles. The maximum absolute atomic E-state index is 11.9. The number of ether oxygens (including phenoxy) is 1. The predicted molar refractivity (Wildman–Crippen MR) is 64.7 cm³/mol. The summed E-state index contributed by atoms with van der Waals surface area (Å²) in [5.74, 6) is 0.0299. The largest absolute Gasteiger partial charge is 0.383 e. The van der Waals surface area contributed by atoms with Crippen molar-refractivity contribution in [2.24, 2.45) is 0 Å². The number of nitrogens with zero attached hydrogens (tertiary/aromatic N) is 2. The van der Waals surface area contributed by atoms with Crippen LogP contribution in [0.2, 0.25) is 0 Å². The molecule has 0 amide bonds. The fraction of sp³-hybridized carbons (Fsp3) is 0.600. The molecule has 1 N–H and O–H groups in total. The van der Waals surface area contributed by atoms with Crippen molar-refractivity contribution in [3.8, 4) is 0 Å². The van der Waals surface area contributed by atoms with Crippen molar-refractivity contribution < 1.29 is 9.53 Å². The molecule has 16 heavy (non-hydrogen) atoms. The van der Waals surface area contributed by atoms with E-state index in [2.05, 4.69) is 26.3 Å². The van der Waals surface area contributed by atoms with Gasteiger partial charge in [-0.2, -0.15) is 5.10 Å². The first-order valence-corrected chi connectivity index (χ1v) is 5.94. The van der Waals surface area contributed by atoms with Crippen LogP contribution in [0, 0.1) is 0 Å². The highest BCUT2D eigenvalue weighted by Crippen LogP contribution is 2.16. The van der Waals surface area contributed by atoms with Gasteiger partial charge in [0.15, 0.2) is 5.78 Å². The van der Waals surface area contributed by atoms with Gasteiger partial charge < -0.3 is 10.1 Å². The number of carbonyl (C=O) groups is 1. The number of nitrogens with one attached hydrogen (secondary N) is 1. The van der Waals surface area contributed by atoms with Crippen LogP contribution in [0.5, 0.6) is 0 Å². The Labute approximate surface area is 103 Å². The molecular weight excluding hydrogens is 274 g/mol. The van der Waals surface area contributed by atoms with E-state index in [1.165, 1.54) is 0 Å². The van der Waals surface area contributed by atoms with Gasteiger partial charge in [0.25, 0.3) is 0 Å². The fourth-order valence-electron chi connectivity index (χ4n) is 1.34. The Kier molecular flexibility index (Phi) is 5.65. The first kappa shape index (κ1) is 13.3. The zero-order chi connectivity index (χ0) is 12.0. The van der Waals surface area contributed by atoms with Crippen molar-refractivity contribution in [1.29, 1.82) is 0 Å². The second-order valence-corrected chi connectivity index (χ2v) is 4.10. The summed E-state index contributed by atoms with van der Waals surface area (Å²) >= 11 is 3.32. The monoisotopic (exact) mass is 289 g/mol. The maximum atomic E-state index is 11.9. The molecule has 1 aromatic heterocycles. The topological polar surface area (TPSA) is 56.2 Å². The molecule has 0 radical (unpaired) electrons. The zero-order valence-corrected chi connectivity index (χ0v) is 11.1. The van der Waals surface area contributed by atoms with Crippen molar-refractivity contribution in [2.75, 3.05) is 26.8 Å². The van der Waals surface area contributed by atoms with Gasteiger partial charge in [-0.25, -0.2) is 0 Å². The molecule has 1 rings (SSSR count). The number of methoxy groups -OCH3 is 1.